The molecule has 0 aliphatic rings. The fourth-order valence-electron chi connectivity index (χ4n) is 2.11. The van der Waals surface area contributed by atoms with Gasteiger partial charge in [-0.3, -0.25) is 4.72 Å². The second-order valence-corrected chi connectivity index (χ2v) is 6.54. The van der Waals surface area contributed by atoms with Gasteiger partial charge in [0.25, 0.3) is 5.22 Å². The van der Waals surface area contributed by atoms with E-state index in [1.165, 1.54) is 22.9 Å². The number of aromatic nitrogens is 1. The van der Waals surface area contributed by atoms with Crippen LogP contribution in [0, 0.1) is 0 Å². The van der Waals surface area contributed by atoms with Crippen molar-refractivity contribution in [2.24, 2.45) is 0 Å². The SMILES string of the molecule is CSNCc1ccc(CSc2nc3ccccc3c(=O)o2)cc1. The molecule has 2 aromatic carbocycles. The number of fused-ring (bicyclic) bond motifs is 1. The summed E-state index contributed by atoms with van der Waals surface area (Å²) in [5.74, 6) is 0.713. The summed E-state index contributed by atoms with van der Waals surface area (Å²) in [7, 11) is 0. The summed E-state index contributed by atoms with van der Waals surface area (Å²) in [6.45, 7) is 0.843. The fraction of sp³-hybridized carbons (Fsp3) is 0.176. The fourth-order valence-corrected chi connectivity index (χ4v) is 3.21. The Morgan fingerprint density at radius 2 is 1.83 bits per heavy atom. The van der Waals surface area contributed by atoms with Crippen molar-refractivity contribution < 1.29 is 4.42 Å². The molecule has 4 nitrogen and oxygen atoms in total. The Labute approximate surface area is 142 Å². The topological polar surface area (TPSA) is 55.1 Å². The Balaban J connectivity index is 1.69. The molecule has 1 aromatic heterocycles. The van der Waals surface area contributed by atoms with Crippen molar-refractivity contribution in [2.75, 3.05) is 6.26 Å². The Bertz CT molecular complexity index is 847. The van der Waals surface area contributed by atoms with Gasteiger partial charge in [0.2, 0.25) is 0 Å². The molecular formula is C17H16N2O2S2. The zero-order chi connectivity index (χ0) is 16.1. The standard InChI is InChI=1S/C17H16N2O2S2/c1-22-18-10-12-6-8-13(9-7-12)11-23-17-19-15-5-3-2-4-14(15)16(20)21-17/h2-9,18H,10-11H2,1H3. The van der Waals surface area contributed by atoms with Crippen molar-refractivity contribution in [3.8, 4) is 0 Å². The van der Waals surface area contributed by atoms with Crippen molar-refractivity contribution >= 4 is 34.6 Å². The molecule has 0 aliphatic heterocycles. The predicted molar refractivity (Wildman–Crippen MR) is 96.6 cm³/mol. The van der Waals surface area contributed by atoms with Crippen LogP contribution in [0.25, 0.3) is 10.9 Å². The van der Waals surface area contributed by atoms with E-state index >= 15 is 0 Å². The van der Waals surface area contributed by atoms with Gasteiger partial charge in [-0.25, -0.2) is 9.78 Å². The molecule has 3 rings (SSSR count). The van der Waals surface area contributed by atoms with E-state index in [4.69, 9.17) is 4.42 Å². The maximum atomic E-state index is 11.9. The summed E-state index contributed by atoms with van der Waals surface area (Å²) in [6.07, 6.45) is 2.01. The average molecular weight is 344 g/mol. The van der Waals surface area contributed by atoms with Crippen LogP contribution in [0.2, 0.25) is 0 Å². The van der Waals surface area contributed by atoms with Crippen LogP contribution in [0.4, 0.5) is 0 Å². The highest BCUT2D eigenvalue weighted by Gasteiger charge is 2.06. The zero-order valence-corrected chi connectivity index (χ0v) is 14.2. The van der Waals surface area contributed by atoms with E-state index < -0.39 is 0 Å². The van der Waals surface area contributed by atoms with Crippen LogP contribution < -0.4 is 10.3 Å². The van der Waals surface area contributed by atoms with Crippen molar-refractivity contribution in [1.82, 2.24) is 9.71 Å². The maximum Gasteiger partial charge on any atom is 0.347 e. The van der Waals surface area contributed by atoms with Crippen molar-refractivity contribution in [3.05, 3.63) is 70.1 Å². The molecule has 0 saturated carbocycles. The number of nitrogens with zero attached hydrogens (tertiary/aromatic N) is 1. The van der Waals surface area contributed by atoms with E-state index in [0.29, 0.717) is 21.9 Å². The summed E-state index contributed by atoms with van der Waals surface area (Å²) in [5.41, 5.74) is 2.74. The van der Waals surface area contributed by atoms with Crippen molar-refractivity contribution in [2.45, 2.75) is 17.5 Å². The van der Waals surface area contributed by atoms with E-state index in [2.05, 4.69) is 34.0 Å². The van der Waals surface area contributed by atoms with Crippen LogP contribution in [0.3, 0.4) is 0 Å². The Morgan fingerprint density at radius 1 is 1.09 bits per heavy atom. The van der Waals surface area contributed by atoms with Gasteiger partial charge in [-0.15, -0.1) is 0 Å². The number of hydrogen-bond acceptors (Lipinski definition) is 6. The molecule has 1 N–H and O–H groups in total. The van der Waals surface area contributed by atoms with Gasteiger partial charge in [0.05, 0.1) is 10.9 Å². The molecule has 0 bridgehead atoms. The maximum absolute atomic E-state index is 11.9. The molecule has 0 amide bonds. The monoisotopic (exact) mass is 344 g/mol. The smallest absolute Gasteiger partial charge is 0.347 e. The number of hydrogen-bond donors (Lipinski definition) is 1. The van der Waals surface area contributed by atoms with Crippen LogP contribution >= 0.6 is 23.7 Å². The van der Waals surface area contributed by atoms with Crippen LogP contribution in [-0.2, 0) is 12.3 Å². The van der Waals surface area contributed by atoms with Gasteiger partial charge in [-0.1, -0.05) is 60.1 Å². The molecular weight excluding hydrogens is 328 g/mol. The summed E-state index contributed by atoms with van der Waals surface area (Å²) < 4.78 is 8.49. The third-order valence-corrected chi connectivity index (χ3v) is 4.65. The van der Waals surface area contributed by atoms with Gasteiger partial charge < -0.3 is 4.42 Å². The minimum Gasteiger partial charge on any atom is -0.397 e. The van der Waals surface area contributed by atoms with E-state index in [1.54, 1.807) is 24.1 Å². The first-order valence-corrected chi connectivity index (χ1v) is 9.33. The molecule has 0 saturated heterocycles. The third-order valence-electron chi connectivity index (χ3n) is 3.32. The lowest BCUT2D eigenvalue weighted by molar-refractivity contribution is 0.401. The minimum atomic E-state index is -0.336. The number of rotatable bonds is 6. The van der Waals surface area contributed by atoms with E-state index in [0.717, 1.165) is 6.54 Å². The molecule has 0 spiro atoms. The highest BCUT2D eigenvalue weighted by molar-refractivity contribution is 7.98. The van der Waals surface area contributed by atoms with E-state index in [9.17, 15) is 4.79 Å². The first kappa shape index (κ1) is 16.1. The first-order chi connectivity index (χ1) is 11.3. The van der Waals surface area contributed by atoms with Gasteiger partial charge in [0.15, 0.2) is 0 Å². The second kappa shape index (κ2) is 7.68. The first-order valence-electron chi connectivity index (χ1n) is 7.12. The molecule has 0 radical (unpaired) electrons. The number of benzene rings is 2. The summed E-state index contributed by atoms with van der Waals surface area (Å²) in [5, 5.41) is 0.921. The Kier molecular flexibility index (Phi) is 5.38. The molecule has 6 heteroatoms. The number of nitrogens with one attached hydrogen (secondary N) is 1. The average Bonchev–Trinajstić information content (AvgIpc) is 2.59. The lowest BCUT2D eigenvalue weighted by Gasteiger charge is -2.04. The van der Waals surface area contributed by atoms with E-state index in [-0.39, 0.29) is 5.63 Å². The second-order valence-electron chi connectivity index (χ2n) is 4.91. The molecule has 118 valence electrons. The lowest BCUT2D eigenvalue weighted by atomic mass is 10.1. The van der Waals surface area contributed by atoms with Crippen LogP contribution in [0.5, 0.6) is 0 Å². The van der Waals surface area contributed by atoms with Crippen molar-refractivity contribution in [1.29, 1.82) is 0 Å². The highest BCUT2D eigenvalue weighted by atomic mass is 32.2. The van der Waals surface area contributed by atoms with Crippen molar-refractivity contribution in [3.63, 3.8) is 0 Å². The molecule has 0 unspecified atom stereocenters. The number of para-hydroxylation sites is 1. The van der Waals surface area contributed by atoms with E-state index in [1.807, 2.05) is 18.4 Å². The van der Waals surface area contributed by atoms with Gasteiger partial charge >= 0.3 is 5.63 Å². The molecule has 1 heterocycles. The quantitative estimate of drug-likeness (QED) is 0.541. The summed E-state index contributed by atoms with van der Waals surface area (Å²) in [6, 6.07) is 15.6. The van der Waals surface area contributed by atoms with Crippen LogP contribution in [0.15, 0.2) is 63.0 Å². The Hall–Kier alpha value is -1.76. The predicted octanol–water partition coefficient (Wildman–Crippen LogP) is 3.85. The molecule has 0 atom stereocenters. The Morgan fingerprint density at radius 3 is 2.61 bits per heavy atom. The van der Waals surface area contributed by atoms with Crippen LogP contribution in [0.1, 0.15) is 11.1 Å². The molecule has 3 aromatic rings. The van der Waals surface area contributed by atoms with Gasteiger partial charge in [0.1, 0.15) is 0 Å². The molecule has 23 heavy (non-hydrogen) atoms. The highest BCUT2D eigenvalue weighted by Crippen LogP contribution is 2.22. The molecule has 0 aliphatic carbocycles. The van der Waals surface area contributed by atoms with Gasteiger partial charge in [0, 0.05) is 12.3 Å². The third kappa shape index (κ3) is 4.16. The van der Waals surface area contributed by atoms with Crippen LogP contribution in [-0.4, -0.2) is 11.2 Å². The van der Waals surface area contributed by atoms with Gasteiger partial charge in [-0.05, 0) is 29.5 Å². The normalized spacial score (nSPS) is 11.0. The molecule has 0 fully saturated rings. The minimum absolute atomic E-state index is 0.336. The summed E-state index contributed by atoms with van der Waals surface area (Å²) in [4.78, 5) is 16.3. The van der Waals surface area contributed by atoms with Gasteiger partial charge in [-0.2, -0.15) is 0 Å². The summed E-state index contributed by atoms with van der Waals surface area (Å²) >= 11 is 3.03. The zero-order valence-electron chi connectivity index (χ0n) is 12.6. The largest absolute Gasteiger partial charge is 0.397 e. The lowest BCUT2D eigenvalue weighted by Crippen LogP contribution is -2.02. The number of thioether (sulfide) groups is 1.